The molecule has 7 aromatic carbocycles. The van der Waals surface area contributed by atoms with E-state index in [0.717, 1.165) is 73.0 Å². The maximum atomic E-state index is 5.41. The highest BCUT2D eigenvalue weighted by atomic mass is 28.3. The van der Waals surface area contributed by atoms with Gasteiger partial charge in [-0.3, -0.25) is 0 Å². The second-order valence-corrected chi connectivity index (χ2v) is 19.5. The van der Waals surface area contributed by atoms with E-state index >= 15 is 0 Å². The number of rotatable bonds is 7. The highest BCUT2D eigenvalue weighted by Gasteiger charge is 2.41. The molecule has 0 N–H and O–H groups in total. The van der Waals surface area contributed by atoms with Gasteiger partial charge in [0.1, 0.15) is 8.07 Å². The van der Waals surface area contributed by atoms with Crippen molar-refractivity contribution >= 4 is 18.6 Å². The van der Waals surface area contributed by atoms with Crippen LogP contribution in [0.4, 0.5) is 0 Å². The summed E-state index contributed by atoms with van der Waals surface area (Å²) in [6.45, 7) is 4.83. The van der Waals surface area contributed by atoms with Crippen molar-refractivity contribution < 1.29 is 0 Å². The summed E-state index contributed by atoms with van der Waals surface area (Å²) in [6.07, 6.45) is 0. The van der Waals surface area contributed by atoms with Crippen LogP contribution in [0.5, 0.6) is 0 Å². The van der Waals surface area contributed by atoms with Crippen LogP contribution in [0.2, 0.25) is 13.1 Å². The second kappa shape index (κ2) is 14.2. The zero-order valence-corrected chi connectivity index (χ0v) is 32.9. The summed E-state index contributed by atoms with van der Waals surface area (Å²) in [5.74, 6) is 0.770. The molecule has 0 atom stereocenters. The van der Waals surface area contributed by atoms with E-state index in [2.05, 4.69) is 207 Å². The van der Waals surface area contributed by atoms with Crippen LogP contribution in [0.15, 0.2) is 200 Å². The fraction of sp³-hybridized carbons (Fsp3) is 0.0377. The predicted molar refractivity (Wildman–Crippen MR) is 240 cm³/mol. The molecular weight excluding hydrogens is 707 g/mol. The molecule has 0 aliphatic carbocycles. The van der Waals surface area contributed by atoms with E-state index in [1.165, 1.54) is 27.2 Å². The van der Waals surface area contributed by atoms with Crippen molar-refractivity contribution in [3.63, 3.8) is 0 Å². The zero-order valence-electron chi connectivity index (χ0n) is 31.9. The van der Waals surface area contributed by atoms with Crippen LogP contribution in [0, 0.1) is 0 Å². The van der Waals surface area contributed by atoms with Gasteiger partial charge in [0.15, 0.2) is 5.82 Å². The SMILES string of the molecule is C[Si]1(C)c2ccccc2-c2c(-c3ccccc3)nc(-c3cccc(-c4cccc(-c5cccc(-c6cc(-c7ccccc7)cc(-c7ccccc7)n6)c5)c4)c3)nc21. The summed E-state index contributed by atoms with van der Waals surface area (Å²) in [7, 11) is -2.06. The minimum Gasteiger partial charge on any atom is -0.248 e. The Morgan fingerprint density at radius 2 is 0.789 bits per heavy atom. The summed E-state index contributed by atoms with van der Waals surface area (Å²) < 4.78 is 0. The molecule has 0 spiro atoms. The quantitative estimate of drug-likeness (QED) is 0.153. The lowest BCUT2D eigenvalue weighted by Crippen LogP contribution is -2.50. The normalized spacial score (nSPS) is 12.5. The third-order valence-corrected chi connectivity index (χ3v) is 14.6. The van der Waals surface area contributed by atoms with E-state index in [1.807, 2.05) is 6.07 Å². The first-order valence-electron chi connectivity index (χ1n) is 19.5. The van der Waals surface area contributed by atoms with Crippen LogP contribution in [0.3, 0.4) is 0 Å². The number of hydrogen-bond donors (Lipinski definition) is 0. The molecule has 0 fully saturated rings. The molecule has 9 aromatic rings. The van der Waals surface area contributed by atoms with Crippen LogP contribution in [-0.2, 0) is 0 Å². The van der Waals surface area contributed by atoms with E-state index < -0.39 is 8.07 Å². The zero-order chi connectivity index (χ0) is 38.3. The van der Waals surface area contributed by atoms with E-state index in [-0.39, 0.29) is 0 Å². The van der Waals surface area contributed by atoms with Gasteiger partial charge in [-0.25, -0.2) is 15.0 Å². The lowest BCUT2D eigenvalue weighted by atomic mass is 9.95. The molecule has 0 bridgehead atoms. The molecule has 3 heterocycles. The van der Waals surface area contributed by atoms with Crippen molar-refractivity contribution in [2.75, 3.05) is 0 Å². The van der Waals surface area contributed by atoms with Crippen molar-refractivity contribution in [3.8, 4) is 89.7 Å². The summed E-state index contributed by atoms with van der Waals surface area (Å²) in [6, 6.07) is 71.0. The van der Waals surface area contributed by atoms with E-state index in [4.69, 9.17) is 15.0 Å². The lowest BCUT2D eigenvalue weighted by molar-refractivity contribution is 1.21. The minimum atomic E-state index is -2.06. The third kappa shape index (κ3) is 6.40. The first-order valence-corrected chi connectivity index (χ1v) is 22.5. The molecule has 0 saturated heterocycles. The van der Waals surface area contributed by atoms with E-state index in [0.29, 0.717) is 0 Å². The van der Waals surface area contributed by atoms with Gasteiger partial charge in [0.05, 0.1) is 17.1 Å². The Labute approximate surface area is 335 Å². The van der Waals surface area contributed by atoms with Gasteiger partial charge >= 0.3 is 0 Å². The van der Waals surface area contributed by atoms with Gasteiger partial charge in [-0.05, 0) is 74.5 Å². The lowest BCUT2D eigenvalue weighted by Gasteiger charge is -2.19. The number of fused-ring (bicyclic) bond motifs is 3. The Balaban J connectivity index is 1.03. The highest BCUT2D eigenvalue weighted by Crippen LogP contribution is 2.38. The molecule has 0 amide bonds. The standard InChI is InChI=1S/C53H39N3Si/c1-57(2)49-30-13-12-29-46(49)50-51(38-21-10-5-11-22-38)55-52(56-53(50)57)44-28-16-26-42(33-44)40-24-14-23-39(31-40)41-25-15-27-43(32-41)48-35-45(36-17-6-3-7-18-36)34-47(54-48)37-19-8-4-9-20-37/h3-35H,1-2H3. The predicted octanol–water partition coefficient (Wildman–Crippen LogP) is 12.3. The van der Waals surface area contributed by atoms with Gasteiger partial charge in [0.2, 0.25) is 0 Å². The third-order valence-electron chi connectivity index (χ3n) is 11.2. The molecular formula is C53H39N3Si. The maximum Gasteiger partial charge on any atom is 0.159 e. The molecule has 2 aromatic heterocycles. The first-order chi connectivity index (χ1) is 28.0. The van der Waals surface area contributed by atoms with Gasteiger partial charge in [0, 0.05) is 33.1 Å². The molecule has 0 saturated carbocycles. The Kier molecular flexibility index (Phi) is 8.62. The molecule has 1 aliphatic heterocycles. The fourth-order valence-corrected chi connectivity index (χ4v) is 11.2. The number of benzene rings is 7. The Morgan fingerprint density at radius 1 is 0.333 bits per heavy atom. The van der Waals surface area contributed by atoms with Gasteiger partial charge in [0.25, 0.3) is 0 Å². The second-order valence-electron chi connectivity index (χ2n) is 15.3. The molecule has 4 heteroatoms. The summed E-state index contributed by atoms with van der Waals surface area (Å²) in [5.41, 5.74) is 16.5. The molecule has 270 valence electrons. The number of pyridine rings is 1. The van der Waals surface area contributed by atoms with Crippen molar-refractivity contribution in [2.45, 2.75) is 13.1 Å². The summed E-state index contributed by atoms with van der Waals surface area (Å²) in [5, 5.41) is 2.63. The fourth-order valence-electron chi connectivity index (χ4n) is 8.28. The van der Waals surface area contributed by atoms with E-state index in [1.54, 1.807) is 0 Å². The molecule has 0 unspecified atom stereocenters. The van der Waals surface area contributed by atoms with Crippen LogP contribution < -0.4 is 10.5 Å². The summed E-state index contributed by atoms with van der Waals surface area (Å²) in [4.78, 5) is 16.0. The van der Waals surface area contributed by atoms with Crippen LogP contribution in [0.25, 0.3) is 89.7 Å². The van der Waals surface area contributed by atoms with Crippen LogP contribution in [0.1, 0.15) is 0 Å². The molecule has 0 radical (unpaired) electrons. The van der Waals surface area contributed by atoms with E-state index in [9.17, 15) is 0 Å². The van der Waals surface area contributed by atoms with Gasteiger partial charge in [-0.2, -0.15) is 0 Å². The van der Waals surface area contributed by atoms with Crippen molar-refractivity contribution in [3.05, 3.63) is 200 Å². The Bertz CT molecular complexity index is 2860. The summed E-state index contributed by atoms with van der Waals surface area (Å²) >= 11 is 0. The topological polar surface area (TPSA) is 38.7 Å². The minimum absolute atomic E-state index is 0.770. The van der Waals surface area contributed by atoms with Gasteiger partial charge < -0.3 is 0 Å². The maximum absolute atomic E-state index is 5.41. The average molecular weight is 746 g/mol. The average Bonchev–Trinajstić information content (AvgIpc) is 3.52. The van der Waals surface area contributed by atoms with Crippen LogP contribution in [-0.4, -0.2) is 23.0 Å². The number of hydrogen-bond acceptors (Lipinski definition) is 3. The smallest absolute Gasteiger partial charge is 0.159 e. The Hall–Kier alpha value is -7.01. The van der Waals surface area contributed by atoms with Crippen LogP contribution >= 0.6 is 0 Å². The molecule has 10 rings (SSSR count). The Morgan fingerprint density at radius 3 is 1.42 bits per heavy atom. The van der Waals surface area contributed by atoms with Gasteiger partial charge in [-0.1, -0.05) is 183 Å². The van der Waals surface area contributed by atoms with Gasteiger partial charge in [-0.15, -0.1) is 0 Å². The molecule has 57 heavy (non-hydrogen) atoms. The highest BCUT2D eigenvalue weighted by molar-refractivity contribution is 7.03. The van der Waals surface area contributed by atoms with Crippen molar-refractivity contribution in [2.24, 2.45) is 0 Å². The van der Waals surface area contributed by atoms with Crippen molar-refractivity contribution in [1.29, 1.82) is 0 Å². The molecule has 3 nitrogen and oxygen atoms in total. The first kappa shape index (κ1) is 34.5. The monoisotopic (exact) mass is 745 g/mol. The van der Waals surface area contributed by atoms with Crippen molar-refractivity contribution in [1.82, 2.24) is 15.0 Å². The largest absolute Gasteiger partial charge is 0.248 e. The molecule has 1 aliphatic rings. The number of aromatic nitrogens is 3. The number of nitrogens with zero attached hydrogens (tertiary/aromatic N) is 3.